The quantitative estimate of drug-likeness (QED) is 0.207. The number of hydrogen-bond donors (Lipinski definition) is 0. The SMILES string of the molecule is C#CCn1c(=NC(=O)C=Cc2ccc([N+](=O)[O-])cc2)sc2cc(C(=O)OC)ccc21. The Morgan fingerprint density at radius 3 is 2.67 bits per heavy atom. The van der Waals surface area contributed by atoms with Crippen LogP contribution in [0, 0.1) is 22.5 Å². The van der Waals surface area contributed by atoms with E-state index in [9.17, 15) is 19.7 Å². The van der Waals surface area contributed by atoms with Gasteiger partial charge in [0.25, 0.3) is 11.6 Å². The average Bonchev–Trinajstić information content (AvgIpc) is 3.08. The van der Waals surface area contributed by atoms with Crippen LogP contribution in [0.5, 0.6) is 0 Å². The number of non-ortho nitro benzene ring substituents is 1. The molecule has 0 unspecified atom stereocenters. The van der Waals surface area contributed by atoms with Gasteiger partial charge in [0.1, 0.15) is 0 Å². The van der Waals surface area contributed by atoms with E-state index in [1.54, 1.807) is 22.8 Å². The Kier molecular flexibility index (Phi) is 6.20. The van der Waals surface area contributed by atoms with Crippen molar-refractivity contribution >= 4 is 45.2 Å². The van der Waals surface area contributed by atoms with E-state index in [0.717, 1.165) is 10.2 Å². The Morgan fingerprint density at radius 2 is 2.03 bits per heavy atom. The number of nitro groups is 1. The van der Waals surface area contributed by atoms with E-state index in [2.05, 4.69) is 10.9 Å². The fraction of sp³-hybridized carbons (Fsp3) is 0.0952. The smallest absolute Gasteiger partial charge is 0.337 e. The summed E-state index contributed by atoms with van der Waals surface area (Å²) in [5.74, 6) is 1.55. The Morgan fingerprint density at radius 1 is 1.30 bits per heavy atom. The number of benzene rings is 2. The van der Waals surface area contributed by atoms with Crippen LogP contribution >= 0.6 is 11.3 Å². The summed E-state index contributed by atoms with van der Waals surface area (Å²) in [5.41, 5.74) is 1.72. The monoisotopic (exact) mass is 421 g/mol. The number of terminal acetylenes is 1. The number of carbonyl (C=O) groups excluding carboxylic acids is 2. The van der Waals surface area contributed by atoms with Crippen molar-refractivity contribution < 1.29 is 19.2 Å². The number of esters is 1. The van der Waals surface area contributed by atoms with Crippen LogP contribution in [0.3, 0.4) is 0 Å². The third-order valence-electron chi connectivity index (χ3n) is 4.08. The molecule has 0 aliphatic carbocycles. The van der Waals surface area contributed by atoms with Crippen LogP contribution in [0.2, 0.25) is 0 Å². The van der Waals surface area contributed by atoms with Crippen LogP contribution in [-0.4, -0.2) is 28.5 Å². The van der Waals surface area contributed by atoms with Crippen molar-refractivity contribution in [1.82, 2.24) is 4.57 Å². The first kappa shape index (κ1) is 20.7. The van der Waals surface area contributed by atoms with Crippen molar-refractivity contribution in [3.05, 3.63) is 74.6 Å². The lowest BCUT2D eigenvalue weighted by molar-refractivity contribution is -0.384. The maximum absolute atomic E-state index is 12.3. The number of methoxy groups -OCH3 is 1. The van der Waals surface area contributed by atoms with Gasteiger partial charge in [0, 0.05) is 18.2 Å². The fourth-order valence-corrected chi connectivity index (χ4v) is 3.73. The van der Waals surface area contributed by atoms with Gasteiger partial charge in [0.15, 0.2) is 4.80 Å². The summed E-state index contributed by atoms with van der Waals surface area (Å²) in [6, 6.07) is 10.8. The summed E-state index contributed by atoms with van der Waals surface area (Å²) in [6.45, 7) is 0.204. The summed E-state index contributed by atoms with van der Waals surface area (Å²) in [6.07, 6.45) is 8.24. The maximum Gasteiger partial charge on any atom is 0.337 e. The number of ether oxygens (including phenoxy) is 1. The van der Waals surface area contributed by atoms with Gasteiger partial charge in [-0.2, -0.15) is 4.99 Å². The molecule has 1 amide bonds. The second-order valence-electron chi connectivity index (χ2n) is 5.98. The number of amides is 1. The summed E-state index contributed by atoms with van der Waals surface area (Å²) >= 11 is 1.22. The topological polar surface area (TPSA) is 104 Å². The molecule has 0 N–H and O–H groups in total. The third-order valence-corrected chi connectivity index (χ3v) is 5.12. The minimum atomic E-state index is -0.515. The van der Waals surface area contributed by atoms with Crippen LogP contribution < -0.4 is 4.80 Å². The van der Waals surface area contributed by atoms with Crippen LogP contribution in [-0.2, 0) is 16.1 Å². The number of carbonyl (C=O) groups is 2. The van der Waals surface area contributed by atoms with Crippen LogP contribution in [0.1, 0.15) is 15.9 Å². The molecular formula is C21H15N3O5S. The van der Waals surface area contributed by atoms with Gasteiger partial charge in [0.05, 0.1) is 34.4 Å². The molecule has 1 aromatic heterocycles. The summed E-state index contributed by atoms with van der Waals surface area (Å²) in [7, 11) is 1.30. The number of nitro benzene ring substituents is 1. The van der Waals surface area contributed by atoms with E-state index < -0.39 is 16.8 Å². The van der Waals surface area contributed by atoms with Gasteiger partial charge < -0.3 is 9.30 Å². The molecule has 0 atom stereocenters. The molecule has 0 radical (unpaired) electrons. The lowest BCUT2D eigenvalue weighted by Gasteiger charge is -2.01. The zero-order valence-corrected chi connectivity index (χ0v) is 16.6. The predicted octanol–water partition coefficient (Wildman–Crippen LogP) is 3.17. The molecule has 0 aliphatic heterocycles. The first-order valence-corrected chi connectivity index (χ1v) is 9.41. The molecule has 1 heterocycles. The Bertz CT molecular complexity index is 1280. The molecule has 0 fully saturated rings. The maximum atomic E-state index is 12.3. The number of thiazole rings is 1. The largest absolute Gasteiger partial charge is 0.465 e. The Hall–Kier alpha value is -4.03. The van der Waals surface area contributed by atoms with Crippen molar-refractivity contribution in [2.45, 2.75) is 6.54 Å². The van der Waals surface area contributed by atoms with Gasteiger partial charge in [0.2, 0.25) is 0 Å². The average molecular weight is 421 g/mol. The van der Waals surface area contributed by atoms with Gasteiger partial charge in [-0.3, -0.25) is 14.9 Å². The van der Waals surface area contributed by atoms with Gasteiger partial charge in [-0.05, 0) is 42.0 Å². The van der Waals surface area contributed by atoms with Crippen molar-refractivity contribution in [2.24, 2.45) is 4.99 Å². The van der Waals surface area contributed by atoms with E-state index in [0.29, 0.717) is 15.9 Å². The number of hydrogen-bond acceptors (Lipinski definition) is 6. The van der Waals surface area contributed by atoms with Gasteiger partial charge in [-0.25, -0.2) is 4.79 Å². The van der Waals surface area contributed by atoms with Crippen molar-refractivity contribution in [3.63, 3.8) is 0 Å². The molecule has 0 saturated carbocycles. The third kappa shape index (κ3) is 4.51. The van der Waals surface area contributed by atoms with E-state index in [4.69, 9.17) is 11.2 Å². The number of nitrogens with zero attached hydrogens (tertiary/aromatic N) is 3. The molecule has 0 saturated heterocycles. The normalized spacial score (nSPS) is 11.5. The van der Waals surface area contributed by atoms with E-state index in [1.165, 1.54) is 54.9 Å². The second-order valence-corrected chi connectivity index (χ2v) is 6.99. The van der Waals surface area contributed by atoms with Crippen LogP contribution in [0.4, 0.5) is 5.69 Å². The van der Waals surface area contributed by atoms with Crippen molar-refractivity contribution in [3.8, 4) is 12.3 Å². The highest BCUT2D eigenvalue weighted by molar-refractivity contribution is 7.16. The lowest BCUT2D eigenvalue weighted by Crippen LogP contribution is -2.15. The fourth-order valence-electron chi connectivity index (χ4n) is 2.65. The van der Waals surface area contributed by atoms with Crippen molar-refractivity contribution in [2.75, 3.05) is 7.11 Å². The standard InChI is InChI=1S/C21H15N3O5S/c1-3-12-23-17-10-7-15(20(26)29-2)13-18(17)30-21(23)22-19(25)11-6-14-4-8-16(9-5-14)24(27)28/h1,4-11,13H,12H2,2H3. The zero-order valence-electron chi connectivity index (χ0n) is 15.8. The summed E-state index contributed by atoms with van der Waals surface area (Å²) < 4.78 is 7.17. The molecule has 3 rings (SSSR count). The first-order chi connectivity index (χ1) is 14.4. The Labute approximate surface area is 174 Å². The van der Waals surface area contributed by atoms with Crippen LogP contribution in [0.15, 0.2) is 53.5 Å². The van der Waals surface area contributed by atoms with Gasteiger partial charge >= 0.3 is 5.97 Å². The van der Waals surface area contributed by atoms with Gasteiger partial charge in [-0.1, -0.05) is 17.3 Å². The molecule has 3 aromatic rings. The highest BCUT2D eigenvalue weighted by atomic mass is 32.1. The predicted molar refractivity (Wildman–Crippen MR) is 113 cm³/mol. The first-order valence-electron chi connectivity index (χ1n) is 8.59. The molecule has 0 aliphatic rings. The Balaban J connectivity index is 1.94. The highest BCUT2D eigenvalue weighted by Crippen LogP contribution is 2.20. The van der Waals surface area contributed by atoms with E-state index in [1.807, 2.05) is 0 Å². The van der Waals surface area contributed by atoms with E-state index in [-0.39, 0.29) is 12.2 Å². The molecule has 0 bridgehead atoms. The zero-order chi connectivity index (χ0) is 21.7. The highest BCUT2D eigenvalue weighted by Gasteiger charge is 2.11. The van der Waals surface area contributed by atoms with E-state index >= 15 is 0 Å². The summed E-state index contributed by atoms with van der Waals surface area (Å²) in [5, 5.41) is 10.7. The van der Waals surface area contributed by atoms with Crippen molar-refractivity contribution in [1.29, 1.82) is 0 Å². The molecule has 9 heteroatoms. The van der Waals surface area contributed by atoms with Gasteiger partial charge in [-0.15, -0.1) is 6.42 Å². The molecule has 8 nitrogen and oxygen atoms in total. The molecular weight excluding hydrogens is 406 g/mol. The molecule has 150 valence electrons. The van der Waals surface area contributed by atoms with Crippen LogP contribution in [0.25, 0.3) is 16.3 Å². The molecule has 2 aromatic carbocycles. The second kappa shape index (κ2) is 8.98. The minimum absolute atomic E-state index is 0.0323. The summed E-state index contributed by atoms with van der Waals surface area (Å²) in [4.78, 5) is 38.8. The lowest BCUT2D eigenvalue weighted by atomic mass is 10.2. The minimum Gasteiger partial charge on any atom is -0.465 e. The molecule has 0 spiro atoms. The number of rotatable bonds is 5. The number of aromatic nitrogens is 1. The number of fused-ring (bicyclic) bond motifs is 1. The molecule has 30 heavy (non-hydrogen) atoms.